The number of anilines is 4. The Morgan fingerprint density at radius 2 is 1.06 bits per heavy atom. The zero-order valence-corrected chi connectivity index (χ0v) is 28.7. The molecule has 0 saturated heterocycles. The van der Waals surface area contributed by atoms with E-state index in [2.05, 4.69) is 10.6 Å². The monoisotopic (exact) mass is 696 g/mol. The Morgan fingerprint density at radius 3 is 1.46 bits per heavy atom. The Morgan fingerprint density at radius 1 is 0.646 bits per heavy atom. The minimum atomic E-state index is -1.09. The molecule has 48 heavy (non-hydrogen) atoms. The highest BCUT2D eigenvalue weighted by Gasteiger charge is 2.18. The number of hydrogen-bond donors (Lipinski definition) is 7. The van der Waals surface area contributed by atoms with Crippen molar-refractivity contribution in [3.05, 3.63) is 107 Å². The average molecular weight is 698 g/mol. The van der Waals surface area contributed by atoms with E-state index >= 15 is 0 Å². The van der Waals surface area contributed by atoms with E-state index in [9.17, 15) is 19.2 Å². The van der Waals surface area contributed by atoms with Gasteiger partial charge in [-0.15, -0.1) is 0 Å². The fourth-order valence-corrected chi connectivity index (χ4v) is 3.97. The molecular formula is C35H42Cl2N6O5. The summed E-state index contributed by atoms with van der Waals surface area (Å²) in [5.41, 5.74) is 27.5. The third-order valence-corrected chi connectivity index (χ3v) is 7.07. The van der Waals surface area contributed by atoms with Crippen LogP contribution >= 0.6 is 23.2 Å². The van der Waals surface area contributed by atoms with Crippen LogP contribution in [0.4, 0.5) is 22.7 Å². The number of aryl methyl sites for hydroxylation is 1. The van der Waals surface area contributed by atoms with Gasteiger partial charge in [-0.1, -0.05) is 72.6 Å². The van der Waals surface area contributed by atoms with Gasteiger partial charge in [0, 0.05) is 18.5 Å². The van der Waals surface area contributed by atoms with Crippen LogP contribution in [0.25, 0.3) is 11.1 Å². The van der Waals surface area contributed by atoms with E-state index in [0.717, 1.165) is 30.2 Å². The lowest BCUT2D eigenvalue weighted by molar-refractivity contribution is -0.127. The van der Waals surface area contributed by atoms with Crippen LogP contribution in [0.3, 0.4) is 0 Å². The third-order valence-electron chi connectivity index (χ3n) is 6.42. The number of carbonyl (C=O) groups is 4. The van der Waals surface area contributed by atoms with Gasteiger partial charge in [0.2, 0.25) is 11.8 Å². The smallest absolute Gasteiger partial charge is 0.248 e. The number of Topliss-reactive ketones (excluding diaryl/α,β-unsaturated/α-hetero) is 2. The Balaban J connectivity index is 0.000000352. The molecule has 0 saturated carbocycles. The van der Waals surface area contributed by atoms with Crippen LogP contribution < -0.4 is 33.6 Å². The van der Waals surface area contributed by atoms with Gasteiger partial charge in [0.15, 0.2) is 11.6 Å². The van der Waals surface area contributed by atoms with Gasteiger partial charge in [0.1, 0.15) is 12.1 Å². The van der Waals surface area contributed by atoms with Crippen LogP contribution in [-0.2, 0) is 25.6 Å². The van der Waals surface area contributed by atoms with E-state index in [1.807, 2.05) is 43.3 Å². The topological polar surface area (TPSA) is 217 Å². The molecule has 2 amide bonds. The molecule has 4 rings (SSSR count). The van der Waals surface area contributed by atoms with Crippen molar-refractivity contribution in [3.8, 4) is 11.1 Å². The van der Waals surface area contributed by atoms with Crippen LogP contribution in [0.5, 0.6) is 0 Å². The van der Waals surface area contributed by atoms with Crippen LogP contribution in [0.2, 0.25) is 10.0 Å². The molecule has 0 fully saturated rings. The molecule has 0 spiro atoms. The van der Waals surface area contributed by atoms with Crippen LogP contribution in [-0.4, -0.2) is 47.7 Å². The van der Waals surface area contributed by atoms with Crippen molar-refractivity contribution in [3.63, 3.8) is 0 Å². The Labute approximate surface area is 290 Å². The molecule has 0 aliphatic heterocycles. The average Bonchev–Trinajstić information content (AvgIpc) is 3.08. The molecule has 13 heteroatoms. The molecule has 0 heterocycles. The summed E-state index contributed by atoms with van der Waals surface area (Å²) in [7, 11) is 1.00. The Kier molecular flexibility index (Phi) is 18.2. The fraction of sp³-hybridized carbons (Fsp3) is 0.200. The summed E-state index contributed by atoms with van der Waals surface area (Å²) >= 11 is 11.9. The van der Waals surface area contributed by atoms with Crippen molar-refractivity contribution in [2.24, 2.45) is 11.5 Å². The van der Waals surface area contributed by atoms with E-state index in [-0.39, 0.29) is 11.6 Å². The second kappa shape index (κ2) is 21.2. The van der Waals surface area contributed by atoms with Gasteiger partial charge in [-0.2, -0.15) is 0 Å². The first-order valence-electron chi connectivity index (χ1n) is 14.6. The predicted molar refractivity (Wildman–Crippen MR) is 196 cm³/mol. The number of nitrogen functional groups attached to an aromatic ring is 2. The molecule has 4 aromatic carbocycles. The van der Waals surface area contributed by atoms with Gasteiger partial charge >= 0.3 is 0 Å². The molecule has 0 aliphatic rings. The fourth-order valence-electron chi connectivity index (χ4n) is 3.61. The number of aliphatic hydroxyl groups is 1. The minimum absolute atomic E-state index is 0.343. The summed E-state index contributed by atoms with van der Waals surface area (Å²) < 4.78 is 0. The first kappa shape index (κ1) is 41.2. The number of rotatable bonds is 8. The van der Waals surface area contributed by atoms with E-state index in [1.54, 1.807) is 54.6 Å². The van der Waals surface area contributed by atoms with Crippen LogP contribution in [0, 0.1) is 0 Å². The van der Waals surface area contributed by atoms with Gasteiger partial charge in [0.25, 0.3) is 0 Å². The summed E-state index contributed by atoms with van der Waals surface area (Å²) in [6.07, 6.45) is 0.891. The Bertz CT molecular complexity index is 1620. The number of carbonyl (C=O) groups excluding carboxylic acids is 4. The maximum absolute atomic E-state index is 11.5. The largest absolute Gasteiger partial charge is 0.400 e. The molecule has 2 atom stereocenters. The maximum Gasteiger partial charge on any atom is 0.248 e. The summed E-state index contributed by atoms with van der Waals surface area (Å²) in [6, 6.07) is 25.1. The zero-order chi connectivity index (χ0) is 36.4. The molecule has 4 aromatic rings. The minimum Gasteiger partial charge on any atom is -0.400 e. The first-order chi connectivity index (χ1) is 22.7. The molecule has 0 radical (unpaired) electrons. The lowest BCUT2D eigenvalue weighted by atomic mass is 10.1. The highest BCUT2D eigenvalue weighted by atomic mass is 35.5. The van der Waals surface area contributed by atoms with Gasteiger partial charge in [-0.05, 0) is 85.5 Å². The number of para-hydroxylation sites is 1. The van der Waals surface area contributed by atoms with Gasteiger partial charge in [0.05, 0.1) is 21.4 Å². The normalized spacial score (nSPS) is 11.0. The van der Waals surface area contributed by atoms with Gasteiger partial charge < -0.3 is 38.7 Å². The quantitative estimate of drug-likeness (QED) is 0.0964. The number of amides is 2. The van der Waals surface area contributed by atoms with Crippen LogP contribution in [0.1, 0.15) is 26.3 Å². The summed E-state index contributed by atoms with van der Waals surface area (Å²) in [6.45, 7) is 4.62. The van der Waals surface area contributed by atoms with Crippen molar-refractivity contribution in [1.82, 2.24) is 0 Å². The SMILES string of the molecule is CC(=O)C(N)C(=O)Nc1ccccc1.CCc1cccc(NC(=O)C(N)C(C)=O)c1.CO.Nc1ccc(-c2ccc(N)c(Cl)c2)cc1Cl. The van der Waals surface area contributed by atoms with Gasteiger partial charge in [-0.25, -0.2) is 0 Å². The van der Waals surface area contributed by atoms with Crippen molar-refractivity contribution < 1.29 is 24.3 Å². The maximum atomic E-state index is 11.5. The number of ketones is 2. The molecule has 2 unspecified atom stereocenters. The lowest BCUT2D eigenvalue weighted by Gasteiger charge is -2.09. The first-order valence-corrected chi connectivity index (χ1v) is 15.3. The third kappa shape index (κ3) is 13.9. The number of nitrogens with two attached hydrogens (primary N) is 4. The molecule has 11 nitrogen and oxygen atoms in total. The highest BCUT2D eigenvalue weighted by molar-refractivity contribution is 6.34. The predicted octanol–water partition coefficient (Wildman–Crippen LogP) is 5.08. The second-order valence-electron chi connectivity index (χ2n) is 10.0. The molecule has 11 N–H and O–H groups in total. The summed E-state index contributed by atoms with van der Waals surface area (Å²) in [5, 5.41) is 13.2. The molecule has 0 aliphatic carbocycles. The molecule has 256 valence electrons. The second-order valence-corrected chi connectivity index (χ2v) is 10.9. The number of halogens is 2. The van der Waals surface area contributed by atoms with Crippen molar-refractivity contribution >= 4 is 69.3 Å². The van der Waals surface area contributed by atoms with E-state index in [4.69, 9.17) is 51.2 Å². The Hall–Kier alpha value is -4.78. The summed E-state index contributed by atoms with van der Waals surface area (Å²) in [5.74, 6) is -1.65. The van der Waals surface area contributed by atoms with Crippen molar-refractivity contribution in [1.29, 1.82) is 0 Å². The van der Waals surface area contributed by atoms with Gasteiger partial charge in [-0.3, -0.25) is 19.2 Å². The van der Waals surface area contributed by atoms with Crippen LogP contribution in [0.15, 0.2) is 91.0 Å². The zero-order valence-electron chi connectivity index (χ0n) is 27.2. The van der Waals surface area contributed by atoms with E-state index < -0.39 is 23.9 Å². The molecular weight excluding hydrogens is 655 g/mol. The number of benzene rings is 4. The summed E-state index contributed by atoms with van der Waals surface area (Å²) in [4.78, 5) is 44.5. The number of hydrogen-bond acceptors (Lipinski definition) is 9. The van der Waals surface area contributed by atoms with Crippen molar-refractivity contribution in [2.45, 2.75) is 39.3 Å². The number of aliphatic hydroxyl groups excluding tert-OH is 1. The standard InChI is InChI=1S/C12H10Cl2N2.C12H16N2O2.C10H12N2O2.CH4O/c13-9-5-7(1-3-11(9)15)8-2-4-12(16)10(14)6-8;1-3-9-5-4-6-10(7-9)14-12(16)11(13)8(2)15;1-7(13)9(11)10(14)12-8-5-3-2-4-6-8;1-2/h1-6H,15-16H2;4-7,11H,3,13H2,1-2H3,(H,14,16);2-6,9H,11H2,1H3,(H,12,14);2H,1H3. The van der Waals surface area contributed by atoms with Crippen molar-refractivity contribution in [2.75, 3.05) is 29.2 Å². The lowest BCUT2D eigenvalue weighted by Crippen LogP contribution is -2.41. The van der Waals surface area contributed by atoms with E-state index in [1.165, 1.54) is 13.8 Å². The molecule has 0 bridgehead atoms. The number of nitrogens with one attached hydrogen (secondary N) is 2. The highest BCUT2D eigenvalue weighted by Crippen LogP contribution is 2.30. The molecule has 0 aromatic heterocycles. The van der Waals surface area contributed by atoms with E-state index in [0.29, 0.717) is 32.8 Å².